The molecule has 0 aromatic carbocycles. The predicted molar refractivity (Wildman–Crippen MR) is 84.2 cm³/mol. The summed E-state index contributed by atoms with van der Waals surface area (Å²) < 4.78 is 5.45. The summed E-state index contributed by atoms with van der Waals surface area (Å²) in [6, 6.07) is 0.573. The number of carbonyl (C=O) groups is 1. The molecular weight excluding hydrogens is 266 g/mol. The molecule has 21 heavy (non-hydrogen) atoms. The van der Waals surface area contributed by atoms with Crippen LogP contribution in [0.3, 0.4) is 0 Å². The zero-order valence-electron chi connectivity index (χ0n) is 13.8. The Balaban J connectivity index is 1.89. The predicted octanol–water partition coefficient (Wildman–Crippen LogP) is 2.24. The van der Waals surface area contributed by atoms with Crippen LogP contribution in [0.4, 0.5) is 4.79 Å². The summed E-state index contributed by atoms with van der Waals surface area (Å²) in [6.07, 6.45) is 3.04. The fourth-order valence-electron chi connectivity index (χ4n) is 2.81. The Labute approximate surface area is 128 Å². The van der Waals surface area contributed by atoms with Crippen molar-refractivity contribution >= 4 is 6.09 Å². The molecule has 2 heterocycles. The van der Waals surface area contributed by atoms with E-state index in [2.05, 4.69) is 17.6 Å². The molecule has 0 aromatic rings. The molecule has 0 aromatic heterocycles. The van der Waals surface area contributed by atoms with Gasteiger partial charge in [-0.2, -0.15) is 0 Å². The molecule has 0 unspecified atom stereocenters. The highest BCUT2D eigenvalue weighted by Gasteiger charge is 2.26. The number of carbonyl (C=O) groups excluding carboxylic acids is 1. The molecule has 2 aliphatic rings. The van der Waals surface area contributed by atoms with Gasteiger partial charge >= 0.3 is 6.09 Å². The molecule has 2 rings (SSSR count). The van der Waals surface area contributed by atoms with Crippen molar-refractivity contribution in [1.29, 1.82) is 0 Å². The average Bonchev–Trinajstić information content (AvgIpc) is 2.40. The lowest BCUT2D eigenvalue weighted by Crippen LogP contribution is -2.44. The van der Waals surface area contributed by atoms with Gasteiger partial charge < -0.3 is 20.3 Å². The van der Waals surface area contributed by atoms with E-state index in [1.54, 1.807) is 4.90 Å². The Morgan fingerprint density at radius 1 is 1.33 bits per heavy atom. The minimum atomic E-state index is -0.428. The standard InChI is InChI=1S/C16H29N3O2/c1-12-11-19(15(20)21-16(2,3)4)10-7-14(12)18-13-5-8-17-9-6-13/h13,17-18H,5-11H2,1-4H3. The van der Waals surface area contributed by atoms with Crippen LogP contribution in [0.25, 0.3) is 0 Å². The monoisotopic (exact) mass is 295 g/mol. The summed E-state index contributed by atoms with van der Waals surface area (Å²) in [5, 5.41) is 7.06. The third kappa shape index (κ3) is 4.92. The smallest absolute Gasteiger partial charge is 0.410 e. The highest BCUT2D eigenvalue weighted by Crippen LogP contribution is 2.20. The minimum absolute atomic E-state index is 0.206. The number of ether oxygens (including phenoxy) is 1. The highest BCUT2D eigenvalue weighted by molar-refractivity contribution is 5.68. The minimum Gasteiger partial charge on any atom is -0.444 e. The molecule has 0 atom stereocenters. The van der Waals surface area contributed by atoms with Crippen LogP contribution in [-0.4, -0.2) is 48.8 Å². The normalized spacial score (nSPS) is 21.4. The van der Waals surface area contributed by atoms with Crippen LogP contribution in [0.5, 0.6) is 0 Å². The lowest BCUT2D eigenvalue weighted by Gasteiger charge is -2.34. The van der Waals surface area contributed by atoms with Crippen molar-refractivity contribution in [3.8, 4) is 0 Å². The summed E-state index contributed by atoms with van der Waals surface area (Å²) in [6.45, 7) is 11.4. The summed E-state index contributed by atoms with van der Waals surface area (Å²) in [5.74, 6) is 0. The lowest BCUT2D eigenvalue weighted by atomic mass is 10.0. The Kier molecular flexibility index (Phi) is 5.14. The van der Waals surface area contributed by atoms with Gasteiger partial charge in [0.25, 0.3) is 0 Å². The van der Waals surface area contributed by atoms with Gasteiger partial charge in [0.2, 0.25) is 0 Å². The topological polar surface area (TPSA) is 53.6 Å². The molecule has 2 N–H and O–H groups in total. The van der Waals surface area contributed by atoms with E-state index in [-0.39, 0.29) is 6.09 Å². The molecule has 5 heteroatoms. The first-order chi connectivity index (χ1) is 9.85. The Morgan fingerprint density at radius 2 is 2.00 bits per heavy atom. The van der Waals surface area contributed by atoms with E-state index in [1.807, 2.05) is 20.8 Å². The molecule has 0 saturated carbocycles. The molecule has 1 fully saturated rings. The van der Waals surface area contributed by atoms with Crippen LogP contribution in [0.2, 0.25) is 0 Å². The summed E-state index contributed by atoms with van der Waals surface area (Å²) in [5.41, 5.74) is 2.15. The SMILES string of the molecule is CC1=C(NC2CCNCC2)CCN(C(=O)OC(C)(C)C)C1. The molecule has 1 saturated heterocycles. The van der Waals surface area contributed by atoms with Crippen LogP contribution >= 0.6 is 0 Å². The first-order valence-electron chi connectivity index (χ1n) is 7.99. The number of rotatable bonds is 2. The van der Waals surface area contributed by atoms with Crippen LogP contribution in [0.15, 0.2) is 11.3 Å². The van der Waals surface area contributed by atoms with Gasteiger partial charge in [0.15, 0.2) is 0 Å². The number of hydrogen-bond acceptors (Lipinski definition) is 4. The fraction of sp³-hybridized carbons (Fsp3) is 0.812. The molecule has 0 bridgehead atoms. The average molecular weight is 295 g/mol. The van der Waals surface area contributed by atoms with Gasteiger partial charge in [-0.05, 0) is 59.2 Å². The number of nitrogens with one attached hydrogen (secondary N) is 2. The maximum Gasteiger partial charge on any atom is 0.410 e. The van der Waals surface area contributed by atoms with Gasteiger partial charge in [0.05, 0.1) is 0 Å². The van der Waals surface area contributed by atoms with E-state index in [1.165, 1.54) is 24.1 Å². The second-order valence-corrected chi connectivity index (χ2v) is 7.08. The number of hydrogen-bond donors (Lipinski definition) is 2. The van der Waals surface area contributed by atoms with Crippen LogP contribution in [0, 0.1) is 0 Å². The summed E-state index contributed by atoms with van der Waals surface area (Å²) in [4.78, 5) is 13.9. The first-order valence-corrected chi connectivity index (χ1v) is 7.99. The molecular formula is C16H29N3O2. The third-order valence-corrected chi connectivity index (χ3v) is 3.94. The fourth-order valence-corrected chi connectivity index (χ4v) is 2.81. The summed E-state index contributed by atoms with van der Waals surface area (Å²) in [7, 11) is 0. The van der Waals surface area contributed by atoms with E-state index in [0.717, 1.165) is 26.1 Å². The quantitative estimate of drug-likeness (QED) is 0.820. The molecule has 1 amide bonds. The zero-order chi connectivity index (χ0) is 15.5. The maximum absolute atomic E-state index is 12.1. The van der Waals surface area contributed by atoms with Crippen molar-refractivity contribution in [2.45, 2.75) is 58.6 Å². The van der Waals surface area contributed by atoms with Crippen molar-refractivity contribution < 1.29 is 9.53 Å². The first kappa shape index (κ1) is 16.1. The molecule has 120 valence electrons. The van der Waals surface area contributed by atoms with Crippen molar-refractivity contribution in [1.82, 2.24) is 15.5 Å². The Hall–Kier alpha value is -1.23. The van der Waals surface area contributed by atoms with E-state index in [4.69, 9.17) is 4.74 Å². The van der Waals surface area contributed by atoms with E-state index in [9.17, 15) is 4.79 Å². The van der Waals surface area contributed by atoms with Crippen molar-refractivity contribution in [3.05, 3.63) is 11.3 Å². The van der Waals surface area contributed by atoms with Crippen LogP contribution < -0.4 is 10.6 Å². The molecule has 5 nitrogen and oxygen atoms in total. The van der Waals surface area contributed by atoms with Gasteiger partial charge in [0.1, 0.15) is 5.60 Å². The third-order valence-electron chi connectivity index (χ3n) is 3.94. The van der Waals surface area contributed by atoms with Crippen molar-refractivity contribution in [2.75, 3.05) is 26.2 Å². The van der Waals surface area contributed by atoms with E-state index in [0.29, 0.717) is 12.6 Å². The second-order valence-electron chi connectivity index (χ2n) is 7.08. The number of amides is 1. The molecule has 2 aliphatic heterocycles. The maximum atomic E-state index is 12.1. The molecule has 0 radical (unpaired) electrons. The van der Waals surface area contributed by atoms with E-state index >= 15 is 0 Å². The van der Waals surface area contributed by atoms with Crippen molar-refractivity contribution in [2.24, 2.45) is 0 Å². The van der Waals surface area contributed by atoms with Gasteiger partial charge in [-0.3, -0.25) is 0 Å². The molecule has 0 aliphatic carbocycles. The van der Waals surface area contributed by atoms with Crippen LogP contribution in [-0.2, 0) is 4.74 Å². The van der Waals surface area contributed by atoms with Crippen LogP contribution in [0.1, 0.15) is 47.0 Å². The van der Waals surface area contributed by atoms with E-state index < -0.39 is 5.60 Å². The summed E-state index contributed by atoms with van der Waals surface area (Å²) >= 11 is 0. The number of piperidine rings is 1. The van der Waals surface area contributed by atoms with Gasteiger partial charge in [-0.1, -0.05) is 0 Å². The van der Waals surface area contributed by atoms with Crippen molar-refractivity contribution in [3.63, 3.8) is 0 Å². The highest BCUT2D eigenvalue weighted by atomic mass is 16.6. The van der Waals surface area contributed by atoms with Gasteiger partial charge in [-0.15, -0.1) is 0 Å². The Morgan fingerprint density at radius 3 is 2.57 bits per heavy atom. The zero-order valence-corrected chi connectivity index (χ0v) is 13.8. The van der Waals surface area contributed by atoms with Gasteiger partial charge in [0, 0.05) is 31.2 Å². The molecule has 0 spiro atoms. The lowest BCUT2D eigenvalue weighted by molar-refractivity contribution is 0.0257. The van der Waals surface area contributed by atoms with Gasteiger partial charge in [-0.25, -0.2) is 4.79 Å². The second kappa shape index (κ2) is 6.69. The number of nitrogens with zero attached hydrogens (tertiary/aromatic N) is 1. The Bertz CT molecular complexity index is 406. The largest absolute Gasteiger partial charge is 0.444 e.